The fraction of sp³-hybridized carbons (Fsp3) is 0.857. The maximum Gasteiger partial charge on any atom is 0.141 e. The molecule has 0 bridgehead atoms. The molecule has 2 rings (SSSR count). The van der Waals surface area contributed by atoms with Gasteiger partial charge in [0.2, 0.25) is 0 Å². The summed E-state index contributed by atoms with van der Waals surface area (Å²) in [5.41, 5.74) is 0. The third-order valence-electron chi connectivity index (χ3n) is 3.92. The van der Waals surface area contributed by atoms with Gasteiger partial charge >= 0.3 is 0 Å². The molecule has 1 aromatic rings. The van der Waals surface area contributed by atoms with Crippen molar-refractivity contribution in [2.24, 2.45) is 5.92 Å². The van der Waals surface area contributed by atoms with Crippen molar-refractivity contribution in [3.63, 3.8) is 0 Å². The number of piperidine rings is 1. The molecular weight excluding hydrogens is 238 g/mol. The zero-order valence-corrected chi connectivity index (χ0v) is 12.5. The van der Waals surface area contributed by atoms with Crippen molar-refractivity contribution in [1.29, 1.82) is 0 Å². The number of hydrogen-bond acceptors (Lipinski definition) is 4. The van der Waals surface area contributed by atoms with Crippen molar-refractivity contribution >= 4 is 0 Å². The molecule has 0 aliphatic carbocycles. The lowest BCUT2D eigenvalue weighted by Crippen LogP contribution is -2.36. The van der Waals surface area contributed by atoms with Crippen LogP contribution in [0.15, 0.2) is 6.33 Å². The number of nitrogens with zero attached hydrogens (tertiary/aromatic N) is 4. The molecule has 0 spiro atoms. The number of nitrogens with one attached hydrogen (secondary N) is 1. The van der Waals surface area contributed by atoms with E-state index < -0.39 is 0 Å². The first-order valence-electron chi connectivity index (χ1n) is 7.52. The van der Waals surface area contributed by atoms with Crippen LogP contribution < -0.4 is 5.32 Å². The second kappa shape index (κ2) is 7.01. The van der Waals surface area contributed by atoms with Crippen LogP contribution >= 0.6 is 0 Å². The molecule has 0 unspecified atom stereocenters. The van der Waals surface area contributed by atoms with Crippen molar-refractivity contribution < 1.29 is 0 Å². The van der Waals surface area contributed by atoms with E-state index in [1.165, 1.54) is 32.5 Å². The first-order chi connectivity index (χ1) is 9.20. The molecule has 0 aromatic carbocycles. The van der Waals surface area contributed by atoms with Crippen molar-refractivity contribution in [1.82, 2.24) is 25.0 Å². The van der Waals surface area contributed by atoms with E-state index >= 15 is 0 Å². The molecule has 1 fully saturated rings. The van der Waals surface area contributed by atoms with Gasteiger partial charge in [0.05, 0.1) is 6.54 Å². The second-order valence-corrected chi connectivity index (χ2v) is 5.74. The maximum atomic E-state index is 4.42. The molecule has 1 aromatic heterocycles. The van der Waals surface area contributed by atoms with Gasteiger partial charge in [-0.2, -0.15) is 5.10 Å². The molecule has 19 heavy (non-hydrogen) atoms. The van der Waals surface area contributed by atoms with E-state index in [1.54, 1.807) is 6.33 Å². The van der Waals surface area contributed by atoms with Gasteiger partial charge in [0, 0.05) is 12.6 Å². The highest BCUT2D eigenvalue weighted by molar-refractivity contribution is 4.87. The Hall–Kier alpha value is -0.940. The van der Waals surface area contributed by atoms with Gasteiger partial charge in [-0.15, -0.1) is 0 Å². The van der Waals surface area contributed by atoms with E-state index in [1.807, 2.05) is 4.68 Å². The Kier molecular flexibility index (Phi) is 5.34. The predicted molar refractivity (Wildman–Crippen MR) is 77.0 cm³/mol. The fourth-order valence-electron chi connectivity index (χ4n) is 2.75. The molecule has 0 amide bonds. The van der Waals surface area contributed by atoms with Crippen LogP contribution in [0.1, 0.15) is 45.5 Å². The summed E-state index contributed by atoms with van der Waals surface area (Å²) in [6.45, 7) is 12.1. The summed E-state index contributed by atoms with van der Waals surface area (Å²) in [5, 5.41) is 7.75. The lowest BCUT2D eigenvalue weighted by atomic mass is 9.97. The minimum Gasteiger partial charge on any atom is -0.317 e. The summed E-state index contributed by atoms with van der Waals surface area (Å²) < 4.78 is 2.03. The minimum atomic E-state index is 0.384. The molecule has 1 N–H and O–H groups in total. The second-order valence-electron chi connectivity index (χ2n) is 5.74. The van der Waals surface area contributed by atoms with Gasteiger partial charge in [0.1, 0.15) is 12.2 Å². The molecule has 5 heteroatoms. The van der Waals surface area contributed by atoms with Gasteiger partial charge < -0.3 is 5.32 Å². The van der Waals surface area contributed by atoms with E-state index in [9.17, 15) is 0 Å². The molecule has 0 radical (unpaired) electrons. The van der Waals surface area contributed by atoms with Gasteiger partial charge in [-0.25, -0.2) is 9.67 Å². The minimum absolute atomic E-state index is 0.384. The molecule has 2 heterocycles. The van der Waals surface area contributed by atoms with Gasteiger partial charge in [0.15, 0.2) is 0 Å². The summed E-state index contributed by atoms with van der Waals surface area (Å²) in [7, 11) is 0. The van der Waals surface area contributed by atoms with Crippen LogP contribution in [0.25, 0.3) is 0 Å². The number of hydrogen-bond donors (Lipinski definition) is 1. The first-order valence-corrected chi connectivity index (χ1v) is 7.52. The highest BCUT2D eigenvalue weighted by Crippen LogP contribution is 2.15. The Balaban J connectivity index is 1.92. The third-order valence-corrected chi connectivity index (χ3v) is 3.92. The predicted octanol–water partition coefficient (Wildman–Crippen LogP) is 1.68. The van der Waals surface area contributed by atoms with Gasteiger partial charge in [-0.1, -0.05) is 6.92 Å². The third kappa shape index (κ3) is 4.01. The summed E-state index contributed by atoms with van der Waals surface area (Å²) in [6.07, 6.45) is 4.27. The van der Waals surface area contributed by atoms with Crippen molar-refractivity contribution in [2.75, 3.05) is 26.2 Å². The molecule has 1 aliphatic rings. The van der Waals surface area contributed by atoms with Crippen LogP contribution in [0.2, 0.25) is 0 Å². The molecule has 0 saturated carbocycles. The zero-order valence-electron chi connectivity index (χ0n) is 12.5. The lowest BCUT2D eigenvalue weighted by Gasteiger charge is -2.29. The molecule has 108 valence electrons. The van der Waals surface area contributed by atoms with Crippen LogP contribution in [0, 0.1) is 5.92 Å². The monoisotopic (exact) mass is 265 g/mol. The average molecular weight is 265 g/mol. The summed E-state index contributed by atoms with van der Waals surface area (Å²) in [4.78, 5) is 6.92. The Morgan fingerprint density at radius 2 is 2.16 bits per heavy atom. The van der Waals surface area contributed by atoms with Crippen LogP contribution in [0.3, 0.4) is 0 Å². The van der Waals surface area contributed by atoms with Crippen molar-refractivity contribution in [3.8, 4) is 0 Å². The Bertz CT molecular complexity index is 368. The van der Waals surface area contributed by atoms with Gasteiger partial charge in [-0.3, -0.25) is 4.90 Å². The van der Waals surface area contributed by atoms with Crippen LogP contribution in [0.4, 0.5) is 0 Å². The number of rotatable bonds is 6. The SMILES string of the molecule is CCN(Cc1ncnn1C(C)C)CC1CCNCC1. The van der Waals surface area contributed by atoms with Gasteiger partial charge in [-0.05, 0) is 52.2 Å². The van der Waals surface area contributed by atoms with E-state index in [0.29, 0.717) is 6.04 Å². The van der Waals surface area contributed by atoms with Crippen LogP contribution in [-0.2, 0) is 6.54 Å². The molecule has 0 atom stereocenters. The van der Waals surface area contributed by atoms with Crippen molar-refractivity contribution in [2.45, 2.75) is 46.2 Å². The smallest absolute Gasteiger partial charge is 0.141 e. The van der Waals surface area contributed by atoms with E-state index in [0.717, 1.165) is 24.8 Å². The first kappa shape index (κ1) is 14.5. The topological polar surface area (TPSA) is 46.0 Å². The van der Waals surface area contributed by atoms with E-state index in [2.05, 4.69) is 41.1 Å². The van der Waals surface area contributed by atoms with Crippen LogP contribution in [-0.4, -0.2) is 45.8 Å². The largest absolute Gasteiger partial charge is 0.317 e. The molecule has 1 aliphatic heterocycles. The summed E-state index contributed by atoms with van der Waals surface area (Å²) in [5.74, 6) is 1.92. The quantitative estimate of drug-likeness (QED) is 0.850. The molecule has 1 saturated heterocycles. The fourth-order valence-corrected chi connectivity index (χ4v) is 2.75. The lowest BCUT2D eigenvalue weighted by molar-refractivity contribution is 0.199. The van der Waals surface area contributed by atoms with Crippen molar-refractivity contribution in [3.05, 3.63) is 12.2 Å². The highest BCUT2D eigenvalue weighted by Gasteiger charge is 2.18. The molecular formula is C14H27N5. The summed E-state index contributed by atoms with van der Waals surface area (Å²) >= 11 is 0. The maximum absolute atomic E-state index is 4.42. The Morgan fingerprint density at radius 1 is 1.42 bits per heavy atom. The normalized spacial score (nSPS) is 17.5. The Labute approximate surface area is 116 Å². The Morgan fingerprint density at radius 3 is 2.79 bits per heavy atom. The number of aromatic nitrogens is 3. The zero-order chi connectivity index (χ0) is 13.7. The van der Waals surface area contributed by atoms with E-state index in [-0.39, 0.29) is 0 Å². The highest BCUT2D eigenvalue weighted by atomic mass is 15.4. The standard InChI is InChI=1S/C14H27N5/c1-4-18(9-13-5-7-15-8-6-13)10-14-16-11-17-19(14)12(2)3/h11-13,15H,4-10H2,1-3H3. The van der Waals surface area contributed by atoms with Gasteiger partial charge in [0.25, 0.3) is 0 Å². The summed E-state index contributed by atoms with van der Waals surface area (Å²) in [6, 6.07) is 0.384. The molecule has 5 nitrogen and oxygen atoms in total. The van der Waals surface area contributed by atoms with E-state index in [4.69, 9.17) is 0 Å². The average Bonchev–Trinajstić information content (AvgIpc) is 2.87. The van der Waals surface area contributed by atoms with Crippen LogP contribution in [0.5, 0.6) is 0 Å².